The summed E-state index contributed by atoms with van der Waals surface area (Å²) in [6.07, 6.45) is 0.140. The lowest BCUT2D eigenvalue weighted by molar-refractivity contribution is 0.445. The van der Waals surface area contributed by atoms with E-state index in [0.29, 0.717) is 0 Å². The summed E-state index contributed by atoms with van der Waals surface area (Å²) in [5, 5.41) is 0. The van der Waals surface area contributed by atoms with Gasteiger partial charge in [0.25, 0.3) is 0 Å². The van der Waals surface area contributed by atoms with Crippen molar-refractivity contribution in [1.82, 2.24) is 0 Å². The molecule has 5 heteroatoms. The molecule has 0 amide bonds. The first-order valence-corrected chi connectivity index (χ1v) is 5.97. The molecule has 20 heavy (non-hydrogen) atoms. The van der Waals surface area contributed by atoms with E-state index in [0.717, 1.165) is 12.1 Å². The van der Waals surface area contributed by atoms with Crippen LogP contribution in [0.15, 0.2) is 24.3 Å². The van der Waals surface area contributed by atoms with Crippen molar-refractivity contribution < 1.29 is 22.0 Å². The van der Waals surface area contributed by atoms with Crippen LogP contribution in [0.4, 0.5) is 22.0 Å². The lowest BCUT2D eigenvalue weighted by Gasteiger charge is -2.07. The minimum atomic E-state index is -1.54. The zero-order chi connectivity index (χ0) is 14.9. The maximum absolute atomic E-state index is 13.6. The molecule has 0 atom stereocenters. The molecule has 0 unspecified atom stereocenters. The zero-order valence-electron chi connectivity index (χ0n) is 10.6. The molecule has 0 heterocycles. The van der Waals surface area contributed by atoms with Crippen molar-refractivity contribution in [3.63, 3.8) is 0 Å². The fourth-order valence-electron chi connectivity index (χ4n) is 1.91. The van der Waals surface area contributed by atoms with E-state index in [1.807, 2.05) is 0 Å². The SMILES string of the molecule is Cc1ccc(CCc2cc(F)c(F)c(F)c2)c(F)c1F. The van der Waals surface area contributed by atoms with Gasteiger partial charge in [-0.15, -0.1) is 0 Å². The molecule has 0 radical (unpaired) electrons. The van der Waals surface area contributed by atoms with Crippen LogP contribution in [0.25, 0.3) is 0 Å². The first-order valence-electron chi connectivity index (χ1n) is 5.97. The normalized spacial score (nSPS) is 10.9. The van der Waals surface area contributed by atoms with Crippen molar-refractivity contribution in [3.05, 3.63) is 70.0 Å². The molecule has 0 saturated carbocycles. The predicted molar refractivity (Wildman–Crippen MR) is 64.8 cm³/mol. The standard InChI is InChI=1S/C15H11F5/c1-8-2-4-10(14(19)13(8)18)5-3-9-6-11(16)15(20)12(17)7-9/h2,4,6-7H,3,5H2,1H3. The van der Waals surface area contributed by atoms with Crippen molar-refractivity contribution >= 4 is 0 Å². The Labute approximate surface area is 112 Å². The van der Waals surface area contributed by atoms with E-state index in [4.69, 9.17) is 0 Å². The second-order valence-electron chi connectivity index (χ2n) is 4.54. The molecule has 0 N–H and O–H groups in total. The van der Waals surface area contributed by atoms with Crippen LogP contribution < -0.4 is 0 Å². The third-order valence-corrected chi connectivity index (χ3v) is 3.08. The average molecular weight is 286 g/mol. The van der Waals surface area contributed by atoms with Crippen LogP contribution in [0, 0.1) is 36.0 Å². The second kappa shape index (κ2) is 5.61. The topological polar surface area (TPSA) is 0 Å². The van der Waals surface area contributed by atoms with Crippen LogP contribution in [0.1, 0.15) is 16.7 Å². The predicted octanol–water partition coefficient (Wildman–Crippen LogP) is 4.48. The van der Waals surface area contributed by atoms with Gasteiger partial charge < -0.3 is 0 Å². The molecule has 0 saturated heterocycles. The highest BCUT2D eigenvalue weighted by Crippen LogP contribution is 2.19. The Kier molecular flexibility index (Phi) is 4.06. The van der Waals surface area contributed by atoms with Gasteiger partial charge in [0.1, 0.15) is 0 Å². The van der Waals surface area contributed by atoms with Crippen molar-refractivity contribution in [3.8, 4) is 0 Å². The van der Waals surface area contributed by atoms with E-state index >= 15 is 0 Å². The number of hydrogen-bond acceptors (Lipinski definition) is 0. The quantitative estimate of drug-likeness (QED) is 0.576. The van der Waals surface area contributed by atoms with E-state index in [9.17, 15) is 22.0 Å². The van der Waals surface area contributed by atoms with Gasteiger partial charge in [-0.1, -0.05) is 12.1 Å². The second-order valence-corrected chi connectivity index (χ2v) is 4.54. The van der Waals surface area contributed by atoms with Crippen LogP contribution in [-0.2, 0) is 12.8 Å². The molecule has 0 bridgehead atoms. The zero-order valence-corrected chi connectivity index (χ0v) is 10.6. The van der Waals surface area contributed by atoms with Gasteiger partial charge in [-0.2, -0.15) is 0 Å². The summed E-state index contributed by atoms with van der Waals surface area (Å²) in [6, 6.07) is 4.55. The Bertz CT molecular complexity index is 626. The number of halogens is 5. The number of benzene rings is 2. The fourth-order valence-corrected chi connectivity index (χ4v) is 1.91. The number of hydrogen-bond donors (Lipinski definition) is 0. The Morgan fingerprint density at radius 2 is 1.35 bits per heavy atom. The summed E-state index contributed by atoms with van der Waals surface area (Å²) >= 11 is 0. The van der Waals surface area contributed by atoms with Crippen molar-refractivity contribution in [2.75, 3.05) is 0 Å². The molecular formula is C15H11F5. The van der Waals surface area contributed by atoms with E-state index in [1.54, 1.807) is 0 Å². The van der Waals surface area contributed by atoms with Gasteiger partial charge in [-0.3, -0.25) is 0 Å². The molecule has 106 valence electrons. The minimum Gasteiger partial charge on any atom is -0.204 e. The molecule has 0 fully saturated rings. The minimum absolute atomic E-state index is 0.0630. The molecule has 2 rings (SSSR count). The van der Waals surface area contributed by atoms with E-state index in [2.05, 4.69) is 0 Å². The van der Waals surface area contributed by atoms with Gasteiger partial charge in [0.15, 0.2) is 29.1 Å². The third kappa shape index (κ3) is 2.81. The van der Waals surface area contributed by atoms with E-state index in [1.165, 1.54) is 19.1 Å². The first-order chi connectivity index (χ1) is 9.40. The Hall–Kier alpha value is -1.91. The largest absolute Gasteiger partial charge is 0.204 e. The number of aryl methyl sites for hydroxylation is 3. The van der Waals surface area contributed by atoms with Crippen LogP contribution in [0.2, 0.25) is 0 Å². The smallest absolute Gasteiger partial charge is 0.194 e. The molecule has 0 aliphatic carbocycles. The fraction of sp³-hybridized carbons (Fsp3) is 0.200. The summed E-state index contributed by atoms with van der Waals surface area (Å²) in [7, 11) is 0. The van der Waals surface area contributed by atoms with Gasteiger partial charge in [0.05, 0.1) is 0 Å². The van der Waals surface area contributed by atoms with E-state index < -0.39 is 29.1 Å². The first kappa shape index (κ1) is 14.5. The molecule has 2 aromatic carbocycles. The lowest BCUT2D eigenvalue weighted by Crippen LogP contribution is -2.01. The maximum atomic E-state index is 13.6. The monoisotopic (exact) mass is 286 g/mol. The molecule has 0 spiro atoms. The van der Waals surface area contributed by atoms with E-state index in [-0.39, 0.29) is 29.5 Å². The summed E-state index contributed by atoms with van der Waals surface area (Å²) in [5.41, 5.74) is 0.477. The maximum Gasteiger partial charge on any atom is 0.194 e. The molecule has 0 aliphatic rings. The van der Waals surface area contributed by atoms with Crippen LogP contribution >= 0.6 is 0 Å². The lowest BCUT2D eigenvalue weighted by atomic mass is 10.0. The summed E-state index contributed by atoms with van der Waals surface area (Å²) in [6.45, 7) is 1.44. The van der Waals surface area contributed by atoms with Crippen molar-refractivity contribution in [1.29, 1.82) is 0 Å². The van der Waals surface area contributed by atoms with Crippen molar-refractivity contribution in [2.45, 2.75) is 19.8 Å². The molecule has 0 aromatic heterocycles. The highest BCUT2D eigenvalue weighted by atomic mass is 19.2. The van der Waals surface area contributed by atoms with Gasteiger partial charge in [-0.05, 0) is 48.6 Å². The van der Waals surface area contributed by atoms with Gasteiger partial charge in [0.2, 0.25) is 0 Å². The molecule has 0 nitrogen and oxygen atoms in total. The summed E-state index contributed by atoms with van der Waals surface area (Å²) < 4.78 is 65.8. The van der Waals surface area contributed by atoms with Gasteiger partial charge in [-0.25, -0.2) is 22.0 Å². The van der Waals surface area contributed by atoms with Crippen LogP contribution in [-0.4, -0.2) is 0 Å². The summed E-state index contributed by atoms with van der Waals surface area (Å²) in [4.78, 5) is 0. The summed E-state index contributed by atoms with van der Waals surface area (Å²) in [5.74, 6) is -6.03. The van der Waals surface area contributed by atoms with Crippen molar-refractivity contribution in [2.24, 2.45) is 0 Å². The number of rotatable bonds is 3. The average Bonchev–Trinajstić information content (AvgIpc) is 2.41. The third-order valence-electron chi connectivity index (χ3n) is 3.08. The molecular weight excluding hydrogens is 275 g/mol. The Morgan fingerprint density at radius 3 is 1.95 bits per heavy atom. The Balaban J connectivity index is 2.19. The molecule has 0 aliphatic heterocycles. The van der Waals surface area contributed by atoms with Gasteiger partial charge >= 0.3 is 0 Å². The highest BCUT2D eigenvalue weighted by molar-refractivity contribution is 5.27. The highest BCUT2D eigenvalue weighted by Gasteiger charge is 2.13. The van der Waals surface area contributed by atoms with Gasteiger partial charge in [0, 0.05) is 0 Å². The van der Waals surface area contributed by atoms with Crippen LogP contribution in [0.3, 0.4) is 0 Å². The van der Waals surface area contributed by atoms with Crippen LogP contribution in [0.5, 0.6) is 0 Å². The Morgan fingerprint density at radius 1 is 0.750 bits per heavy atom. The molecule has 2 aromatic rings.